The topological polar surface area (TPSA) is 23.6 Å². The average molecular weight is 212 g/mol. The third kappa shape index (κ3) is 4.65. The zero-order chi connectivity index (χ0) is 11.1. The number of nitrogens with zero attached hydrogens (tertiary/aromatic N) is 2. The summed E-state index contributed by atoms with van der Waals surface area (Å²) in [5.74, 6) is 0.217. The predicted octanol–water partition coefficient (Wildman–Crippen LogP) is 1.73. The van der Waals surface area contributed by atoms with E-state index in [1.54, 1.807) is 6.92 Å². The summed E-state index contributed by atoms with van der Waals surface area (Å²) in [4.78, 5) is 15.8. The van der Waals surface area contributed by atoms with Gasteiger partial charge in [-0.15, -0.1) is 0 Å². The fourth-order valence-corrected chi connectivity index (χ4v) is 2.14. The Bertz CT molecular complexity index is 188. The first kappa shape index (κ1) is 12.5. The van der Waals surface area contributed by atoms with E-state index in [9.17, 15) is 4.79 Å². The lowest BCUT2D eigenvalue weighted by atomic mass is 10.1. The number of carbonyl (C=O) groups is 1. The van der Waals surface area contributed by atoms with E-state index < -0.39 is 0 Å². The summed E-state index contributed by atoms with van der Waals surface area (Å²) >= 11 is 0. The maximum Gasteiger partial charge on any atom is 0.219 e. The monoisotopic (exact) mass is 212 g/mol. The van der Waals surface area contributed by atoms with E-state index >= 15 is 0 Å². The van der Waals surface area contributed by atoms with Gasteiger partial charge < -0.3 is 9.80 Å². The molecule has 0 aromatic heterocycles. The minimum atomic E-state index is 0.217. The highest BCUT2D eigenvalue weighted by Gasteiger charge is 2.12. The van der Waals surface area contributed by atoms with Crippen molar-refractivity contribution in [1.82, 2.24) is 9.80 Å². The van der Waals surface area contributed by atoms with Crippen molar-refractivity contribution in [1.29, 1.82) is 0 Å². The molecule has 0 bridgehead atoms. The lowest BCUT2D eigenvalue weighted by Gasteiger charge is -2.29. The highest BCUT2D eigenvalue weighted by Crippen LogP contribution is 2.08. The average Bonchev–Trinajstić information content (AvgIpc) is 2.25. The number of likely N-dealkylation sites (tertiary alicyclic amines) is 1. The number of amides is 1. The quantitative estimate of drug-likeness (QED) is 0.693. The smallest absolute Gasteiger partial charge is 0.219 e. The summed E-state index contributed by atoms with van der Waals surface area (Å²) < 4.78 is 0. The van der Waals surface area contributed by atoms with Gasteiger partial charge in [0.25, 0.3) is 0 Å². The molecule has 15 heavy (non-hydrogen) atoms. The molecule has 0 atom stereocenters. The van der Waals surface area contributed by atoms with Crippen LogP contribution in [-0.2, 0) is 4.79 Å². The number of hydrogen-bond donors (Lipinski definition) is 0. The Morgan fingerprint density at radius 1 is 1.20 bits per heavy atom. The van der Waals surface area contributed by atoms with Gasteiger partial charge in [0.05, 0.1) is 0 Å². The first-order valence-corrected chi connectivity index (χ1v) is 6.22. The third-order valence-electron chi connectivity index (χ3n) is 3.07. The Morgan fingerprint density at radius 3 is 2.40 bits per heavy atom. The molecule has 1 saturated heterocycles. The third-order valence-corrected chi connectivity index (χ3v) is 3.07. The normalized spacial score (nSPS) is 17.7. The van der Waals surface area contributed by atoms with Crippen molar-refractivity contribution in [2.45, 2.75) is 39.5 Å². The van der Waals surface area contributed by atoms with Gasteiger partial charge in [-0.1, -0.05) is 13.3 Å². The molecular weight excluding hydrogens is 188 g/mol. The highest BCUT2D eigenvalue weighted by atomic mass is 16.2. The lowest BCUT2D eigenvalue weighted by Crippen LogP contribution is -2.40. The highest BCUT2D eigenvalue weighted by molar-refractivity contribution is 5.73. The van der Waals surface area contributed by atoms with Crippen LogP contribution in [0.2, 0.25) is 0 Å². The van der Waals surface area contributed by atoms with Crippen LogP contribution in [0.5, 0.6) is 0 Å². The van der Waals surface area contributed by atoms with Gasteiger partial charge in [-0.05, 0) is 32.4 Å². The van der Waals surface area contributed by atoms with Gasteiger partial charge in [0.2, 0.25) is 5.91 Å². The van der Waals surface area contributed by atoms with Gasteiger partial charge >= 0.3 is 0 Å². The largest absolute Gasteiger partial charge is 0.342 e. The van der Waals surface area contributed by atoms with Crippen LogP contribution in [0.1, 0.15) is 39.5 Å². The molecule has 3 heteroatoms. The van der Waals surface area contributed by atoms with E-state index in [-0.39, 0.29) is 5.91 Å². The van der Waals surface area contributed by atoms with E-state index in [2.05, 4.69) is 11.8 Å². The van der Waals surface area contributed by atoms with Crippen LogP contribution in [0.4, 0.5) is 0 Å². The molecule has 1 heterocycles. The van der Waals surface area contributed by atoms with Crippen molar-refractivity contribution in [3.63, 3.8) is 0 Å². The number of rotatable bonds is 5. The standard InChI is InChI=1S/C12H24N2O/c1-3-7-14(12(2)15)11-10-13-8-5-4-6-9-13/h3-11H2,1-2H3. The molecule has 0 saturated carbocycles. The summed E-state index contributed by atoms with van der Waals surface area (Å²) in [7, 11) is 0. The Morgan fingerprint density at radius 2 is 1.87 bits per heavy atom. The summed E-state index contributed by atoms with van der Waals surface area (Å²) in [5.41, 5.74) is 0. The molecular formula is C12H24N2O. The van der Waals surface area contributed by atoms with Crippen LogP contribution < -0.4 is 0 Å². The Labute approximate surface area is 93.4 Å². The summed E-state index contributed by atoms with van der Waals surface area (Å²) in [6, 6.07) is 0. The van der Waals surface area contributed by atoms with Crippen LogP contribution >= 0.6 is 0 Å². The zero-order valence-corrected chi connectivity index (χ0v) is 10.2. The molecule has 1 rings (SSSR count). The van der Waals surface area contributed by atoms with Gasteiger partial charge in [-0.2, -0.15) is 0 Å². The van der Waals surface area contributed by atoms with E-state index in [0.29, 0.717) is 0 Å². The summed E-state index contributed by atoms with van der Waals surface area (Å²) in [5, 5.41) is 0. The number of hydrogen-bond acceptors (Lipinski definition) is 2. The number of piperidine rings is 1. The second-order valence-corrected chi connectivity index (χ2v) is 4.41. The molecule has 3 nitrogen and oxygen atoms in total. The number of carbonyl (C=O) groups excluding carboxylic acids is 1. The molecule has 1 aliphatic rings. The van der Waals surface area contributed by atoms with Crippen LogP contribution in [0.3, 0.4) is 0 Å². The van der Waals surface area contributed by atoms with Crippen molar-refractivity contribution in [3.8, 4) is 0 Å². The Hall–Kier alpha value is -0.570. The van der Waals surface area contributed by atoms with Crippen LogP contribution in [0, 0.1) is 0 Å². The van der Waals surface area contributed by atoms with Crippen molar-refractivity contribution >= 4 is 5.91 Å². The Balaban J connectivity index is 2.22. The molecule has 0 aliphatic carbocycles. The fourth-order valence-electron chi connectivity index (χ4n) is 2.14. The molecule has 1 fully saturated rings. The molecule has 0 spiro atoms. The first-order chi connectivity index (χ1) is 7.24. The van der Waals surface area contributed by atoms with E-state index in [1.165, 1.54) is 32.4 Å². The summed E-state index contributed by atoms with van der Waals surface area (Å²) in [6.07, 6.45) is 5.09. The fraction of sp³-hybridized carbons (Fsp3) is 0.917. The van der Waals surface area contributed by atoms with Crippen LogP contribution in [-0.4, -0.2) is 48.4 Å². The Kier molecular flexibility index (Phi) is 5.69. The van der Waals surface area contributed by atoms with Gasteiger partial charge in [0.15, 0.2) is 0 Å². The molecule has 1 amide bonds. The SMILES string of the molecule is CCCN(CCN1CCCCC1)C(C)=O. The lowest BCUT2D eigenvalue weighted by molar-refractivity contribution is -0.129. The van der Waals surface area contributed by atoms with Gasteiger partial charge in [0, 0.05) is 26.6 Å². The maximum absolute atomic E-state index is 11.3. The molecule has 0 radical (unpaired) electrons. The predicted molar refractivity (Wildman–Crippen MR) is 62.8 cm³/mol. The van der Waals surface area contributed by atoms with Crippen molar-refractivity contribution < 1.29 is 4.79 Å². The molecule has 88 valence electrons. The van der Waals surface area contributed by atoms with Crippen LogP contribution in [0.15, 0.2) is 0 Å². The van der Waals surface area contributed by atoms with Crippen molar-refractivity contribution in [2.75, 3.05) is 32.7 Å². The molecule has 0 aromatic rings. The molecule has 0 N–H and O–H groups in total. The van der Waals surface area contributed by atoms with E-state index in [4.69, 9.17) is 0 Å². The van der Waals surface area contributed by atoms with Gasteiger partial charge in [-0.3, -0.25) is 4.79 Å². The summed E-state index contributed by atoms with van der Waals surface area (Å²) in [6.45, 7) is 9.10. The van der Waals surface area contributed by atoms with Gasteiger partial charge in [0.1, 0.15) is 0 Å². The van der Waals surface area contributed by atoms with Gasteiger partial charge in [-0.25, -0.2) is 0 Å². The van der Waals surface area contributed by atoms with Crippen molar-refractivity contribution in [2.24, 2.45) is 0 Å². The zero-order valence-electron chi connectivity index (χ0n) is 10.2. The minimum Gasteiger partial charge on any atom is -0.342 e. The van der Waals surface area contributed by atoms with Crippen molar-refractivity contribution in [3.05, 3.63) is 0 Å². The van der Waals surface area contributed by atoms with E-state index in [0.717, 1.165) is 26.1 Å². The molecule has 0 unspecified atom stereocenters. The molecule has 0 aromatic carbocycles. The van der Waals surface area contributed by atoms with Crippen LogP contribution in [0.25, 0.3) is 0 Å². The van der Waals surface area contributed by atoms with E-state index in [1.807, 2.05) is 4.90 Å². The maximum atomic E-state index is 11.3. The minimum absolute atomic E-state index is 0.217. The first-order valence-electron chi connectivity index (χ1n) is 6.22. The second kappa shape index (κ2) is 6.83. The molecule has 1 aliphatic heterocycles. The second-order valence-electron chi connectivity index (χ2n) is 4.41.